The van der Waals surface area contributed by atoms with E-state index in [2.05, 4.69) is 91.0 Å². The second-order valence-corrected chi connectivity index (χ2v) is 13.4. The van der Waals surface area contributed by atoms with Crippen LogP contribution in [0.25, 0.3) is 56.8 Å². The van der Waals surface area contributed by atoms with Crippen molar-refractivity contribution in [2.75, 3.05) is 0 Å². The van der Waals surface area contributed by atoms with E-state index in [4.69, 9.17) is 19.4 Å². The standard InChI is InChI=1S/C44H27N3OS/c1-3-14-28(15-4-1)41-45-42(29-16-5-2-6-17-29)47-43(46-41)38-27-26-37(48-38)32-20-13-24-36-40(32)49-39-25-12-11-23-35(39)44(36)33-21-9-7-18-30(33)31-19-8-10-22-34(31)44/h1-27H. The highest BCUT2D eigenvalue weighted by Gasteiger charge is 2.50. The molecule has 1 aliphatic heterocycles. The van der Waals surface area contributed by atoms with Crippen molar-refractivity contribution in [2.45, 2.75) is 15.2 Å². The van der Waals surface area contributed by atoms with Gasteiger partial charge in [0.2, 0.25) is 0 Å². The first-order valence-corrected chi connectivity index (χ1v) is 17.2. The Morgan fingerprint density at radius 2 is 0.878 bits per heavy atom. The highest BCUT2D eigenvalue weighted by atomic mass is 32.2. The molecule has 6 aromatic carbocycles. The third-order valence-corrected chi connectivity index (χ3v) is 10.9. The van der Waals surface area contributed by atoms with Crippen LogP contribution in [0.5, 0.6) is 0 Å². The van der Waals surface area contributed by atoms with Crippen LogP contribution < -0.4 is 0 Å². The van der Waals surface area contributed by atoms with Gasteiger partial charge in [0.15, 0.2) is 23.2 Å². The van der Waals surface area contributed by atoms with Crippen molar-refractivity contribution in [1.82, 2.24) is 15.0 Å². The first-order chi connectivity index (χ1) is 24.3. The lowest BCUT2D eigenvalue weighted by molar-refractivity contribution is 0.589. The zero-order chi connectivity index (χ0) is 32.4. The molecule has 5 heteroatoms. The Morgan fingerprint density at radius 3 is 1.53 bits per heavy atom. The molecule has 4 nitrogen and oxygen atoms in total. The Hall–Kier alpha value is -6.04. The van der Waals surface area contributed by atoms with Gasteiger partial charge in [0.25, 0.3) is 0 Å². The summed E-state index contributed by atoms with van der Waals surface area (Å²) in [5, 5.41) is 0. The Labute approximate surface area is 288 Å². The smallest absolute Gasteiger partial charge is 0.199 e. The summed E-state index contributed by atoms with van der Waals surface area (Å²) < 4.78 is 6.72. The zero-order valence-electron chi connectivity index (χ0n) is 26.2. The monoisotopic (exact) mass is 645 g/mol. The van der Waals surface area contributed by atoms with Gasteiger partial charge in [-0.15, -0.1) is 0 Å². The third-order valence-electron chi connectivity index (χ3n) is 9.67. The van der Waals surface area contributed by atoms with E-state index < -0.39 is 5.41 Å². The molecule has 2 aromatic heterocycles. The lowest BCUT2D eigenvalue weighted by Crippen LogP contribution is -2.32. The molecule has 0 radical (unpaired) electrons. The van der Waals surface area contributed by atoms with Crippen molar-refractivity contribution >= 4 is 11.8 Å². The van der Waals surface area contributed by atoms with Crippen LogP contribution in [-0.4, -0.2) is 15.0 Å². The molecule has 0 saturated carbocycles. The van der Waals surface area contributed by atoms with Crippen LogP contribution >= 0.6 is 11.8 Å². The minimum Gasteiger partial charge on any atom is -0.453 e. The molecule has 230 valence electrons. The number of fused-ring (bicyclic) bond motifs is 9. The van der Waals surface area contributed by atoms with Crippen LogP contribution in [0.4, 0.5) is 0 Å². The van der Waals surface area contributed by atoms with Gasteiger partial charge in [0, 0.05) is 26.5 Å². The molecule has 0 amide bonds. The summed E-state index contributed by atoms with van der Waals surface area (Å²) in [5.41, 5.74) is 10.2. The van der Waals surface area contributed by atoms with Crippen molar-refractivity contribution in [3.8, 4) is 56.8 Å². The second kappa shape index (κ2) is 11.0. The van der Waals surface area contributed by atoms with E-state index in [9.17, 15) is 0 Å². The molecule has 3 heterocycles. The van der Waals surface area contributed by atoms with Gasteiger partial charge in [-0.3, -0.25) is 0 Å². The maximum absolute atomic E-state index is 6.72. The summed E-state index contributed by atoms with van der Waals surface area (Å²) in [7, 11) is 0. The van der Waals surface area contributed by atoms with Gasteiger partial charge in [-0.2, -0.15) is 0 Å². The Kier molecular flexibility index (Phi) is 6.30. The molecule has 0 saturated heterocycles. The molecular formula is C44H27N3OS. The average Bonchev–Trinajstić information content (AvgIpc) is 3.78. The van der Waals surface area contributed by atoms with Crippen LogP contribution in [-0.2, 0) is 5.41 Å². The van der Waals surface area contributed by atoms with E-state index in [0.717, 1.165) is 22.5 Å². The lowest BCUT2D eigenvalue weighted by atomic mass is 9.67. The first kappa shape index (κ1) is 28.0. The van der Waals surface area contributed by atoms with Gasteiger partial charge < -0.3 is 4.42 Å². The molecule has 49 heavy (non-hydrogen) atoms. The molecule has 2 aliphatic rings. The number of furan rings is 1. The SMILES string of the molecule is c1ccc(-c2nc(-c3ccccc3)nc(-c3ccc(-c4cccc5c4Sc4ccccc4C54c5ccccc5-c5ccccc54)o3)n2)cc1. The van der Waals surface area contributed by atoms with Crippen molar-refractivity contribution < 1.29 is 4.42 Å². The van der Waals surface area contributed by atoms with E-state index in [1.54, 1.807) is 0 Å². The van der Waals surface area contributed by atoms with Crippen molar-refractivity contribution in [3.05, 3.63) is 186 Å². The van der Waals surface area contributed by atoms with Crippen LogP contribution in [0.15, 0.2) is 178 Å². The molecule has 0 N–H and O–H groups in total. The summed E-state index contributed by atoms with van der Waals surface area (Å²) in [5.74, 6) is 3.07. The minimum absolute atomic E-state index is 0.445. The predicted octanol–water partition coefficient (Wildman–Crippen LogP) is 11.0. The van der Waals surface area contributed by atoms with Gasteiger partial charge >= 0.3 is 0 Å². The van der Waals surface area contributed by atoms with E-state index in [1.807, 2.05) is 84.6 Å². The van der Waals surface area contributed by atoms with Gasteiger partial charge in [-0.05, 0) is 51.6 Å². The van der Waals surface area contributed by atoms with Crippen molar-refractivity contribution in [3.63, 3.8) is 0 Å². The zero-order valence-corrected chi connectivity index (χ0v) is 27.1. The number of benzene rings is 6. The van der Waals surface area contributed by atoms with Gasteiger partial charge in [0.05, 0.1) is 5.41 Å². The normalized spacial score (nSPS) is 13.4. The quantitative estimate of drug-likeness (QED) is 0.191. The van der Waals surface area contributed by atoms with E-state index in [0.29, 0.717) is 23.2 Å². The lowest BCUT2D eigenvalue weighted by Gasteiger charge is -2.40. The maximum atomic E-state index is 6.72. The molecule has 1 aliphatic carbocycles. The maximum Gasteiger partial charge on any atom is 0.199 e. The highest BCUT2D eigenvalue weighted by molar-refractivity contribution is 7.99. The molecule has 8 aromatic rings. The summed E-state index contributed by atoms with van der Waals surface area (Å²) in [4.78, 5) is 17.1. The number of hydrogen-bond acceptors (Lipinski definition) is 5. The topological polar surface area (TPSA) is 51.8 Å². The molecule has 0 fully saturated rings. The predicted molar refractivity (Wildman–Crippen MR) is 195 cm³/mol. The summed E-state index contributed by atoms with van der Waals surface area (Å²) >= 11 is 1.82. The fourth-order valence-corrected chi connectivity index (χ4v) is 8.90. The molecule has 1 spiro atoms. The van der Waals surface area contributed by atoms with Crippen LogP contribution in [0.3, 0.4) is 0 Å². The summed E-state index contributed by atoms with van der Waals surface area (Å²) in [6.45, 7) is 0. The van der Waals surface area contributed by atoms with Crippen LogP contribution in [0.2, 0.25) is 0 Å². The van der Waals surface area contributed by atoms with E-state index >= 15 is 0 Å². The van der Waals surface area contributed by atoms with Gasteiger partial charge in [-0.25, -0.2) is 15.0 Å². The Bertz CT molecular complexity index is 2440. The van der Waals surface area contributed by atoms with Gasteiger partial charge in [0.1, 0.15) is 5.76 Å². The second-order valence-electron chi connectivity index (χ2n) is 12.3. The highest BCUT2D eigenvalue weighted by Crippen LogP contribution is 2.63. The minimum atomic E-state index is -0.445. The largest absolute Gasteiger partial charge is 0.453 e. The number of hydrogen-bond donors (Lipinski definition) is 0. The van der Waals surface area contributed by atoms with Crippen LogP contribution in [0.1, 0.15) is 22.3 Å². The molecule has 10 rings (SSSR count). The number of aromatic nitrogens is 3. The Morgan fingerprint density at radius 1 is 0.388 bits per heavy atom. The molecule has 0 atom stereocenters. The van der Waals surface area contributed by atoms with E-state index in [1.165, 1.54) is 43.2 Å². The summed E-state index contributed by atoms with van der Waals surface area (Å²) in [6, 6.07) is 57.3. The molecular weight excluding hydrogens is 619 g/mol. The first-order valence-electron chi connectivity index (χ1n) is 16.4. The number of nitrogens with zero attached hydrogens (tertiary/aromatic N) is 3. The van der Waals surface area contributed by atoms with Crippen molar-refractivity contribution in [2.24, 2.45) is 0 Å². The molecule has 0 bridgehead atoms. The fourth-order valence-electron chi connectivity index (χ4n) is 7.59. The van der Waals surface area contributed by atoms with Gasteiger partial charge in [-0.1, -0.05) is 157 Å². The molecule has 0 unspecified atom stereocenters. The summed E-state index contributed by atoms with van der Waals surface area (Å²) in [6.07, 6.45) is 0. The van der Waals surface area contributed by atoms with Crippen molar-refractivity contribution in [1.29, 1.82) is 0 Å². The Balaban J connectivity index is 1.16. The third kappa shape index (κ3) is 4.22. The number of rotatable bonds is 4. The average molecular weight is 646 g/mol. The van der Waals surface area contributed by atoms with E-state index in [-0.39, 0.29) is 0 Å². The van der Waals surface area contributed by atoms with Crippen LogP contribution in [0, 0.1) is 0 Å². The fraction of sp³-hybridized carbons (Fsp3) is 0.0227.